The van der Waals surface area contributed by atoms with Crippen LogP contribution in [0.25, 0.3) is 0 Å². The third kappa shape index (κ3) is 3.06. The summed E-state index contributed by atoms with van der Waals surface area (Å²) in [5.74, 6) is 0.0462. The Kier molecular flexibility index (Phi) is 4.50. The molecule has 0 saturated carbocycles. The molecule has 0 fully saturated rings. The predicted molar refractivity (Wildman–Crippen MR) is 65.1 cm³/mol. The number of Topliss-reactive ketones (excluding diaryl/α,β-unsaturated/α-hetero) is 1. The molecule has 4 nitrogen and oxygen atoms in total. The van der Waals surface area contributed by atoms with Gasteiger partial charge in [0.1, 0.15) is 5.69 Å². The first-order chi connectivity index (χ1) is 7.43. The van der Waals surface area contributed by atoms with Crippen molar-refractivity contribution in [1.29, 1.82) is 0 Å². The van der Waals surface area contributed by atoms with Crippen molar-refractivity contribution in [3.8, 4) is 0 Å². The van der Waals surface area contributed by atoms with E-state index >= 15 is 0 Å². The van der Waals surface area contributed by atoms with Gasteiger partial charge in [-0.05, 0) is 27.9 Å². The minimum Gasteiger partial charge on any atom is -0.309 e. The van der Waals surface area contributed by atoms with Gasteiger partial charge in [0.05, 0.1) is 11.2 Å². The molecule has 0 saturated heterocycles. The molecule has 1 rings (SSSR count). The zero-order valence-electron chi connectivity index (χ0n) is 10.2. The predicted octanol–water partition coefficient (Wildman–Crippen LogP) is 2.25. The SMILES string of the molecule is CC(C)n1ncc(Cl)c1C(=O)CCN(C)C. The number of hydrogen-bond acceptors (Lipinski definition) is 3. The molecule has 0 aliphatic rings. The molecule has 0 spiro atoms. The first-order valence-corrected chi connectivity index (χ1v) is 5.72. The van der Waals surface area contributed by atoms with Crippen LogP contribution in [0.4, 0.5) is 0 Å². The van der Waals surface area contributed by atoms with Crippen molar-refractivity contribution >= 4 is 17.4 Å². The summed E-state index contributed by atoms with van der Waals surface area (Å²) in [5.41, 5.74) is 0.526. The van der Waals surface area contributed by atoms with Gasteiger partial charge in [-0.1, -0.05) is 11.6 Å². The third-order valence-electron chi connectivity index (χ3n) is 2.29. The van der Waals surface area contributed by atoms with Gasteiger partial charge in [-0.25, -0.2) is 0 Å². The summed E-state index contributed by atoms with van der Waals surface area (Å²) < 4.78 is 1.68. The number of rotatable bonds is 5. The Hall–Kier alpha value is -0.870. The topological polar surface area (TPSA) is 38.1 Å². The average Bonchev–Trinajstić information content (AvgIpc) is 2.56. The molecule has 0 bridgehead atoms. The van der Waals surface area contributed by atoms with Crippen LogP contribution >= 0.6 is 11.6 Å². The van der Waals surface area contributed by atoms with Crippen LogP contribution in [0.5, 0.6) is 0 Å². The van der Waals surface area contributed by atoms with E-state index in [0.29, 0.717) is 17.1 Å². The van der Waals surface area contributed by atoms with Crippen molar-refractivity contribution in [2.75, 3.05) is 20.6 Å². The summed E-state index contributed by atoms with van der Waals surface area (Å²) in [6, 6.07) is 0.144. The highest BCUT2D eigenvalue weighted by Crippen LogP contribution is 2.20. The second-order valence-corrected chi connectivity index (χ2v) is 4.76. The lowest BCUT2D eigenvalue weighted by Crippen LogP contribution is -2.19. The Morgan fingerprint density at radius 2 is 2.19 bits per heavy atom. The fraction of sp³-hybridized carbons (Fsp3) is 0.636. The van der Waals surface area contributed by atoms with E-state index in [1.54, 1.807) is 4.68 Å². The number of aromatic nitrogens is 2. The van der Waals surface area contributed by atoms with E-state index in [4.69, 9.17) is 11.6 Å². The van der Waals surface area contributed by atoms with Crippen LogP contribution in [0.15, 0.2) is 6.20 Å². The van der Waals surface area contributed by atoms with E-state index in [-0.39, 0.29) is 11.8 Å². The van der Waals surface area contributed by atoms with Crippen molar-refractivity contribution in [2.24, 2.45) is 0 Å². The quantitative estimate of drug-likeness (QED) is 0.745. The van der Waals surface area contributed by atoms with Crippen molar-refractivity contribution in [3.05, 3.63) is 16.9 Å². The average molecular weight is 244 g/mol. The van der Waals surface area contributed by atoms with E-state index in [1.807, 2.05) is 32.8 Å². The molecule has 0 unspecified atom stereocenters. The van der Waals surface area contributed by atoms with Crippen LogP contribution in [0, 0.1) is 0 Å². The summed E-state index contributed by atoms with van der Waals surface area (Å²) in [6.45, 7) is 4.68. The second kappa shape index (κ2) is 5.46. The largest absolute Gasteiger partial charge is 0.309 e. The molecule has 0 amide bonds. The highest BCUT2D eigenvalue weighted by molar-refractivity contribution is 6.33. The van der Waals surface area contributed by atoms with Crippen LogP contribution in [0.2, 0.25) is 5.02 Å². The minimum absolute atomic E-state index is 0.0462. The molecular formula is C11H18ClN3O. The molecular weight excluding hydrogens is 226 g/mol. The molecule has 1 heterocycles. The molecule has 1 aromatic heterocycles. The van der Waals surface area contributed by atoms with E-state index in [1.165, 1.54) is 6.20 Å². The molecule has 0 aliphatic carbocycles. The van der Waals surface area contributed by atoms with Gasteiger partial charge in [-0.3, -0.25) is 9.48 Å². The minimum atomic E-state index is 0.0462. The number of halogens is 1. The van der Waals surface area contributed by atoms with Crippen LogP contribution in [-0.4, -0.2) is 41.1 Å². The van der Waals surface area contributed by atoms with Gasteiger partial charge in [-0.2, -0.15) is 5.10 Å². The number of carbonyl (C=O) groups excluding carboxylic acids is 1. The number of nitrogens with zero attached hydrogens (tertiary/aromatic N) is 3. The lowest BCUT2D eigenvalue weighted by Gasteiger charge is -2.12. The van der Waals surface area contributed by atoms with Crippen molar-refractivity contribution < 1.29 is 4.79 Å². The summed E-state index contributed by atoms with van der Waals surface area (Å²) in [7, 11) is 3.88. The van der Waals surface area contributed by atoms with Crippen LogP contribution in [0.3, 0.4) is 0 Å². The summed E-state index contributed by atoms with van der Waals surface area (Å²) >= 11 is 5.98. The number of carbonyl (C=O) groups is 1. The van der Waals surface area contributed by atoms with Gasteiger partial charge >= 0.3 is 0 Å². The fourth-order valence-electron chi connectivity index (χ4n) is 1.44. The molecule has 90 valence electrons. The fourth-order valence-corrected chi connectivity index (χ4v) is 1.67. The second-order valence-electron chi connectivity index (χ2n) is 4.36. The Bertz CT molecular complexity index is 371. The Balaban J connectivity index is 2.85. The zero-order chi connectivity index (χ0) is 12.3. The van der Waals surface area contributed by atoms with Crippen LogP contribution in [-0.2, 0) is 0 Å². The van der Waals surface area contributed by atoms with Gasteiger partial charge in [0, 0.05) is 19.0 Å². The van der Waals surface area contributed by atoms with Gasteiger partial charge in [-0.15, -0.1) is 0 Å². The van der Waals surface area contributed by atoms with Gasteiger partial charge in [0.25, 0.3) is 0 Å². The van der Waals surface area contributed by atoms with E-state index in [2.05, 4.69) is 5.10 Å². The standard InChI is InChI=1S/C11H18ClN3O/c1-8(2)15-11(9(12)7-13-15)10(16)5-6-14(3)4/h7-8H,5-6H2,1-4H3. The van der Waals surface area contributed by atoms with Crippen LogP contribution in [0.1, 0.15) is 36.8 Å². The lowest BCUT2D eigenvalue weighted by molar-refractivity contribution is 0.0960. The molecule has 0 aromatic carbocycles. The normalized spacial score (nSPS) is 11.4. The highest BCUT2D eigenvalue weighted by atomic mass is 35.5. The van der Waals surface area contributed by atoms with E-state index in [0.717, 1.165) is 6.54 Å². The summed E-state index contributed by atoms with van der Waals surface area (Å²) in [6.07, 6.45) is 2.00. The third-order valence-corrected chi connectivity index (χ3v) is 2.57. The molecule has 16 heavy (non-hydrogen) atoms. The van der Waals surface area contributed by atoms with Crippen LogP contribution < -0.4 is 0 Å². The Labute approximate surface area is 101 Å². The van der Waals surface area contributed by atoms with E-state index in [9.17, 15) is 4.79 Å². The zero-order valence-corrected chi connectivity index (χ0v) is 11.0. The van der Waals surface area contributed by atoms with Gasteiger partial charge in [0.2, 0.25) is 0 Å². The smallest absolute Gasteiger partial charge is 0.183 e. The maximum Gasteiger partial charge on any atom is 0.183 e. The summed E-state index contributed by atoms with van der Waals surface area (Å²) in [5, 5.41) is 4.56. The van der Waals surface area contributed by atoms with Gasteiger partial charge in [0.15, 0.2) is 5.78 Å². The number of ketones is 1. The van der Waals surface area contributed by atoms with E-state index < -0.39 is 0 Å². The van der Waals surface area contributed by atoms with Crippen molar-refractivity contribution in [2.45, 2.75) is 26.3 Å². The molecule has 0 N–H and O–H groups in total. The maximum absolute atomic E-state index is 12.0. The maximum atomic E-state index is 12.0. The van der Waals surface area contributed by atoms with Gasteiger partial charge < -0.3 is 4.90 Å². The number of hydrogen-bond donors (Lipinski definition) is 0. The molecule has 0 aliphatic heterocycles. The lowest BCUT2D eigenvalue weighted by atomic mass is 10.2. The van der Waals surface area contributed by atoms with Crippen molar-refractivity contribution in [3.63, 3.8) is 0 Å². The molecule has 0 atom stereocenters. The molecule has 1 aromatic rings. The Morgan fingerprint density at radius 3 is 2.69 bits per heavy atom. The summed E-state index contributed by atoms with van der Waals surface area (Å²) in [4.78, 5) is 14.0. The highest BCUT2D eigenvalue weighted by Gasteiger charge is 2.18. The first kappa shape index (κ1) is 13.2. The monoisotopic (exact) mass is 243 g/mol. The van der Waals surface area contributed by atoms with Crippen molar-refractivity contribution in [1.82, 2.24) is 14.7 Å². The Morgan fingerprint density at radius 1 is 1.56 bits per heavy atom. The first-order valence-electron chi connectivity index (χ1n) is 5.34. The molecule has 0 radical (unpaired) electrons. The molecule has 5 heteroatoms.